The minimum absolute atomic E-state index is 0.0538. The number of esters is 2. The van der Waals surface area contributed by atoms with Gasteiger partial charge in [0.2, 0.25) is 0 Å². The fourth-order valence-electron chi connectivity index (χ4n) is 1.39. The van der Waals surface area contributed by atoms with Crippen LogP contribution in [-0.2, 0) is 25.7 Å². The topological polar surface area (TPSA) is 52.6 Å². The average Bonchev–Trinajstić information content (AvgIpc) is 2.35. The Morgan fingerprint density at radius 3 is 2.35 bits per heavy atom. The zero-order valence-electron chi connectivity index (χ0n) is 11.9. The van der Waals surface area contributed by atoms with Crippen LogP contribution in [0.2, 0.25) is 0 Å². The molecule has 1 aromatic rings. The molecular weight excluding hydrogens is 324 g/mol. The summed E-state index contributed by atoms with van der Waals surface area (Å²) in [7, 11) is 0. The van der Waals surface area contributed by atoms with Gasteiger partial charge >= 0.3 is 11.9 Å². The molecule has 0 aliphatic heterocycles. The predicted octanol–water partition coefficient (Wildman–Crippen LogP) is 3.23. The highest BCUT2D eigenvalue weighted by Gasteiger charge is 2.25. The van der Waals surface area contributed by atoms with Gasteiger partial charge in [-0.15, -0.1) is 0 Å². The van der Waals surface area contributed by atoms with Crippen LogP contribution >= 0.6 is 15.9 Å². The summed E-state index contributed by atoms with van der Waals surface area (Å²) < 4.78 is 10.3. The molecule has 1 unspecified atom stereocenters. The summed E-state index contributed by atoms with van der Waals surface area (Å²) in [5.41, 5.74) is 0.334. The van der Waals surface area contributed by atoms with E-state index in [0.717, 1.165) is 5.56 Å². The molecule has 0 radical (unpaired) electrons. The zero-order chi connectivity index (χ0) is 15.2. The molecule has 1 rings (SSSR count). The zero-order valence-corrected chi connectivity index (χ0v) is 13.5. The summed E-state index contributed by atoms with van der Waals surface area (Å²) >= 11 is 3.15. The Kier molecular flexibility index (Phi) is 6.20. The number of ether oxygens (including phenoxy) is 2. The molecule has 0 heterocycles. The lowest BCUT2D eigenvalue weighted by molar-refractivity contribution is -0.157. The number of halogens is 1. The van der Waals surface area contributed by atoms with Crippen molar-refractivity contribution in [2.75, 3.05) is 0 Å². The van der Waals surface area contributed by atoms with Gasteiger partial charge < -0.3 is 9.47 Å². The SMILES string of the molecule is CC(C)(C)OC(=O)C(Br)CC(=O)OCc1ccccc1. The molecule has 0 amide bonds. The minimum Gasteiger partial charge on any atom is -0.461 e. The Balaban J connectivity index is 2.36. The summed E-state index contributed by atoms with van der Waals surface area (Å²) in [6.07, 6.45) is -0.0538. The summed E-state index contributed by atoms with van der Waals surface area (Å²) in [4.78, 5) is 22.6. The molecule has 0 aliphatic rings. The van der Waals surface area contributed by atoms with Crippen molar-refractivity contribution >= 4 is 27.9 Å². The van der Waals surface area contributed by atoms with E-state index in [1.807, 2.05) is 30.3 Å². The van der Waals surface area contributed by atoms with E-state index in [1.165, 1.54) is 0 Å². The number of alkyl halides is 1. The van der Waals surface area contributed by atoms with E-state index >= 15 is 0 Å². The molecule has 110 valence electrons. The Bertz CT molecular complexity index is 451. The predicted molar refractivity (Wildman–Crippen MR) is 79.4 cm³/mol. The second-order valence-electron chi connectivity index (χ2n) is 5.35. The fraction of sp³-hybridized carbons (Fsp3) is 0.467. The summed E-state index contributed by atoms with van der Waals surface area (Å²) in [5, 5.41) is 0. The number of hydrogen-bond acceptors (Lipinski definition) is 4. The molecule has 1 aromatic carbocycles. The van der Waals surface area contributed by atoms with Crippen LogP contribution in [0.5, 0.6) is 0 Å². The monoisotopic (exact) mass is 342 g/mol. The lowest BCUT2D eigenvalue weighted by Gasteiger charge is -2.21. The summed E-state index contributed by atoms with van der Waals surface area (Å²) in [6, 6.07) is 9.37. The maximum absolute atomic E-state index is 11.7. The van der Waals surface area contributed by atoms with Crippen LogP contribution in [0.25, 0.3) is 0 Å². The fourth-order valence-corrected chi connectivity index (χ4v) is 1.75. The molecule has 0 aliphatic carbocycles. The first-order valence-corrected chi connectivity index (χ1v) is 7.26. The van der Waals surface area contributed by atoms with Crippen molar-refractivity contribution in [2.45, 2.75) is 44.2 Å². The molecule has 0 N–H and O–H groups in total. The normalized spacial score (nSPS) is 12.6. The highest BCUT2D eigenvalue weighted by Crippen LogP contribution is 2.15. The van der Waals surface area contributed by atoms with Crippen molar-refractivity contribution in [3.63, 3.8) is 0 Å². The second-order valence-corrected chi connectivity index (χ2v) is 6.46. The van der Waals surface area contributed by atoms with E-state index < -0.39 is 22.4 Å². The highest BCUT2D eigenvalue weighted by atomic mass is 79.9. The minimum atomic E-state index is -0.690. The first-order valence-electron chi connectivity index (χ1n) is 6.34. The summed E-state index contributed by atoms with van der Waals surface area (Å²) in [6.45, 7) is 5.53. The van der Waals surface area contributed by atoms with Crippen molar-refractivity contribution in [1.29, 1.82) is 0 Å². The van der Waals surface area contributed by atoms with E-state index in [0.29, 0.717) is 0 Å². The first-order chi connectivity index (χ1) is 9.28. The molecule has 0 saturated carbocycles. The number of hydrogen-bond donors (Lipinski definition) is 0. The number of rotatable bonds is 5. The smallest absolute Gasteiger partial charge is 0.320 e. The van der Waals surface area contributed by atoms with Crippen LogP contribution < -0.4 is 0 Å². The van der Waals surface area contributed by atoms with Crippen LogP contribution in [-0.4, -0.2) is 22.4 Å². The highest BCUT2D eigenvalue weighted by molar-refractivity contribution is 9.10. The van der Waals surface area contributed by atoms with E-state index in [9.17, 15) is 9.59 Å². The van der Waals surface area contributed by atoms with Crippen molar-refractivity contribution in [3.8, 4) is 0 Å². The van der Waals surface area contributed by atoms with Crippen LogP contribution in [0.4, 0.5) is 0 Å². The number of carbonyl (C=O) groups excluding carboxylic acids is 2. The van der Waals surface area contributed by atoms with Gasteiger partial charge in [-0.05, 0) is 26.3 Å². The van der Waals surface area contributed by atoms with Crippen LogP contribution in [0.15, 0.2) is 30.3 Å². The van der Waals surface area contributed by atoms with Gasteiger partial charge in [-0.2, -0.15) is 0 Å². The lowest BCUT2D eigenvalue weighted by atomic mass is 10.2. The van der Waals surface area contributed by atoms with Gasteiger partial charge in [-0.1, -0.05) is 46.3 Å². The molecule has 5 heteroatoms. The molecule has 0 spiro atoms. The van der Waals surface area contributed by atoms with Gasteiger partial charge in [-0.25, -0.2) is 0 Å². The molecule has 0 bridgehead atoms. The van der Waals surface area contributed by atoms with Crippen LogP contribution in [0.3, 0.4) is 0 Å². The molecule has 20 heavy (non-hydrogen) atoms. The van der Waals surface area contributed by atoms with E-state index in [4.69, 9.17) is 9.47 Å². The van der Waals surface area contributed by atoms with Gasteiger partial charge in [0.1, 0.15) is 17.0 Å². The maximum atomic E-state index is 11.7. The van der Waals surface area contributed by atoms with Gasteiger partial charge in [0.05, 0.1) is 6.42 Å². The molecular formula is C15H19BrO4. The van der Waals surface area contributed by atoms with Gasteiger partial charge in [-0.3, -0.25) is 9.59 Å². The molecule has 4 nitrogen and oxygen atoms in total. The van der Waals surface area contributed by atoms with Gasteiger partial charge in [0.25, 0.3) is 0 Å². The van der Waals surface area contributed by atoms with Crippen molar-refractivity contribution in [1.82, 2.24) is 0 Å². The number of benzene rings is 1. The Hall–Kier alpha value is -1.36. The quantitative estimate of drug-likeness (QED) is 0.608. The Labute approximate surface area is 127 Å². The Morgan fingerprint density at radius 1 is 1.20 bits per heavy atom. The molecule has 1 atom stereocenters. The summed E-state index contributed by atoms with van der Waals surface area (Å²) in [5.74, 6) is -0.907. The van der Waals surface area contributed by atoms with E-state index in [-0.39, 0.29) is 13.0 Å². The second kappa shape index (κ2) is 7.43. The third-order valence-electron chi connectivity index (χ3n) is 2.25. The van der Waals surface area contributed by atoms with Gasteiger partial charge in [0.15, 0.2) is 0 Å². The molecule has 0 aromatic heterocycles. The first kappa shape index (κ1) is 16.7. The third-order valence-corrected chi connectivity index (χ3v) is 2.95. The van der Waals surface area contributed by atoms with E-state index in [2.05, 4.69) is 15.9 Å². The molecule has 0 fully saturated rings. The van der Waals surface area contributed by atoms with Crippen LogP contribution in [0.1, 0.15) is 32.8 Å². The number of carbonyl (C=O) groups is 2. The van der Waals surface area contributed by atoms with Gasteiger partial charge in [0, 0.05) is 0 Å². The molecule has 0 saturated heterocycles. The van der Waals surface area contributed by atoms with Crippen LogP contribution in [0, 0.1) is 0 Å². The largest absolute Gasteiger partial charge is 0.461 e. The van der Waals surface area contributed by atoms with Crippen molar-refractivity contribution in [2.24, 2.45) is 0 Å². The van der Waals surface area contributed by atoms with Crippen molar-refractivity contribution in [3.05, 3.63) is 35.9 Å². The third kappa shape index (κ3) is 6.70. The average molecular weight is 343 g/mol. The van der Waals surface area contributed by atoms with Crippen molar-refractivity contribution < 1.29 is 19.1 Å². The maximum Gasteiger partial charge on any atom is 0.320 e. The Morgan fingerprint density at radius 2 is 1.80 bits per heavy atom. The van der Waals surface area contributed by atoms with E-state index in [1.54, 1.807) is 20.8 Å². The lowest BCUT2D eigenvalue weighted by Crippen LogP contribution is -2.30. The standard InChI is InChI=1S/C15H19BrO4/c1-15(2,3)20-14(18)12(16)9-13(17)19-10-11-7-5-4-6-8-11/h4-8,12H,9-10H2,1-3H3.